The molecule has 0 saturated heterocycles. The normalized spacial score (nSPS) is 25.3. The van der Waals surface area contributed by atoms with Crippen LogP contribution in [0.4, 0.5) is 0 Å². The maximum atomic E-state index is 13.1. The van der Waals surface area contributed by atoms with Crippen LogP contribution < -0.4 is 0 Å². The van der Waals surface area contributed by atoms with Gasteiger partial charge in [-0.15, -0.1) is 0 Å². The van der Waals surface area contributed by atoms with Crippen LogP contribution in [-0.2, 0) is 23.9 Å². The summed E-state index contributed by atoms with van der Waals surface area (Å²) in [4.78, 5) is 38.7. The molecule has 1 N–H and O–H groups in total. The number of hydrogen-bond acceptors (Lipinski definition) is 6. The zero-order valence-electron chi connectivity index (χ0n) is 17.1. The van der Waals surface area contributed by atoms with Crippen LogP contribution in [0.3, 0.4) is 0 Å². The third-order valence-corrected chi connectivity index (χ3v) is 7.44. The number of carbonyl (C=O) groups is 3. The van der Waals surface area contributed by atoms with E-state index in [1.807, 2.05) is 0 Å². The second-order valence-electron chi connectivity index (χ2n) is 9.02. The molecule has 6 nitrogen and oxygen atoms in total. The summed E-state index contributed by atoms with van der Waals surface area (Å²) in [6, 6.07) is 5.63. The molecule has 0 spiro atoms. The van der Waals surface area contributed by atoms with Crippen LogP contribution in [0.5, 0.6) is 5.75 Å². The topological polar surface area (TPSA) is 89.9 Å². The van der Waals surface area contributed by atoms with Crippen LogP contribution in [0.15, 0.2) is 30.9 Å². The van der Waals surface area contributed by atoms with Crippen molar-refractivity contribution in [3.63, 3.8) is 0 Å². The maximum Gasteiger partial charge on any atom is 0.311 e. The number of rotatable bonds is 7. The molecule has 3 aliphatic rings. The molecule has 0 aliphatic heterocycles. The van der Waals surface area contributed by atoms with Crippen LogP contribution in [0.25, 0.3) is 0 Å². The summed E-state index contributed by atoms with van der Waals surface area (Å²) in [5.41, 5.74) is 1.44. The molecule has 1 aromatic rings. The highest BCUT2D eigenvalue weighted by Crippen LogP contribution is 2.55. The highest BCUT2D eigenvalue weighted by molar-refractivity contribution is 6.76. The van der Waals surface area contributed by atoms with Crippen LogP contribution >= 0.6 is 0 Å². The molecular weight excluding hydrogens is 388 g/mol. The van der Waals surface area contributed by atoms with Gasteiger partial charge in [-0.3, -0.25) is 14.4 Å². The summed E-state index contributed by atoms with van der Waals surface area (Å²) < 4.78 is 10.8. The van der Waals surface area contributed by atoms with E-state index in [2.05, 4.69) is 26.2 Å². The van der Waals surface area contributed by atoms with Crippen LogP contribution in [-0.4, -0.2) is 44.1 Å². The molecular formula is C22H28O6Si. The molecule has 156 valence electrons. The van der Waals surface area contributed by atoms with E-state index in [1.54, 1.807) is 12.1 Å². The quantitative estimate of drug-likeness (QED) is 0.416. The molecule has 0 aromatic heterocycles. The van der Waals surface area contributed by atoms with Gasteiger partial charge in [0.15, 0.2) is 0 Å². The fourth-order valence-corrected chi connectivity index (χ4v) is 5.07. The molecule has 3 aliphatic carbocycles. The van der Waals surface area contributed by atoms with Gasteiger partial charge in [0.2, 0.25) is 0 Å². The van der Waals surface area contributed by atoms with Gasteiger partial charge in [0.05, 0.1) is 24.4 Å². The molecule has 4 atom stereocenters. The van der Waals surface area contributed by atoms with Crippen LogP contribution in [0.2, 0.25) is 25.7 Å². The number of ether oxygens (including phenoxy) is 2. The fourth-order valence-electron chi connectivity index (χ4n) is 4.35. The Labute approximate surface area is 171 Å². The van der Waals surface area contributed by atoms with E-state index in [9.17, 15) is 19.5 Å². The number of phenolic OH excluding ortho intramolecular Hbond substituents is 1. The van der Waals surface area contributed by atoms with E-state index < -0.39 is 43.7 Å². The van der Waals surface area contributed by atoms with Gasteiger partial charge in [-0.1, -0.05) is 38.4 Å². The summed E-state index contributed by atoms with van der Waals surface area (Å²) in [7, 11) is -1.38. The fraction of sp³-hybridized carbons (Fsp3) is 0.500. The number of esters is 2. The number of hydrogen-bond donors (Lipinski definition) is 1. The molecule has 0 amide bonds. The largest absolute Gasteiger partial charge is 0.508 e. The van der Waals surface area contributed by atoms with Gasteiger partial charge in [0.1, 0.15) is 18.1 Å². The number of ketones is 1. The zero-order valence-corrected chi connectivity index (χ0v) is 18.1. The van der Waals surface area contributed by atoms with Crippen molar-refractivity contribution in [3.8, 4) is 5.75 Å². The lowest BCUT2D eigenvalue weighted by molar-refractivity contribution is -0.166. The van der Waals surface area contributed by atoms with Crippen molar-refractivity contribution in [2.75, 3.05) is 13.2 Å². The van der Waals surface area contributed by atoms with Crippen molar-refractivity contribution in [1.82, 2.24) is 0 Å². The molecule has 29 heavy (non-hydrogen) atoms. The van der Waals surface area contributed by atoms with Crippen molar-refractivity contribution in [1.29, 1.82) is 0 Å². The first-order chi connectivity index (χ1) is 13.6. The van der Waals surface area contributed by atoms with Crippen molar-refractivity contribution in [3.05, 3.63) is 42.0 Å². The third-order valence-electron chi connectivity index (χ3n) is 5.74. The average Bonchev–Trinajstić information content (AvgIpc) is 2.64. The molecule has 2 bridgehead atoms. The van der Waals surface area contributed by atoms with Gasteiger partial charge in [0, 0.05) is 20.4 Å². The summed E-state index contributed by atoms with van der Waals surface area (Å²) in [6.07, 6.45) is 1.63. The third kappa shape index (κ3) is 4.29. The number of aromatic hydroxyl groups is 1. The second-order valence-corrected chi connectivity index (χ2v) is 14.6. The molecule has 7 heteroatoms. The smallest absolute Gasteiger partial charge is 0.311 e. The first-order valence-electron chi connectivity index (χ1n) is 9.93. The SMILES string of the molecule is C=CCOC(=O)C1C2C(=O)CC(c3ccc(O)cc32)C1C(=O)OCC[Si](C)(C)C. The first-order valence-corrected chi connectivity index (χ1v) is 13.6. The van der Waals surface area contributed by atoms with Gasteiger partial charge in [-0.05, 0) is 29.3 Å². The minimum atomic E-state index is -1.38. The Morgan fingerprint density at radius 2 is 1.86 bits per heavy atom. The van der Waals surface area contributed by atoms with E-state index in [4.69, 9.17) is 9.47 Å². The van der Waals surface area contributed by atoms with Crippen molar-refractivity contribution < 1.29 is 29.0 Å². The van der Waals surface area contributed by atoms with Gasteiger partial charge < -0.3 is 14.6 Å². The minimum absolute atomic E-state index is 0.00516. The average molecular weight is 417 g/mol. The molecule has 1 saturated carbocycles. The van der Waals surface area contributed by atoms with Gasteiger partial charge >= 0.3 is 11.9 Å². The Bertz CT molecular complexity index is 840. The van der Waals surface area contributed by atoms with E-state index in [0.29, 0.717) is 12.2 Å². The van der Waals surface area contributed by atoms with Gasteiger partial charge in [0.25, 0.3) is 0 Å². The number of fused-ring (bicyclic) bond motifs is 2. The molecule has 1 fully saturated rings. The van der Waals surface area contributed by atoms with E-state index >= 15 is 0 Å². The van der Waals surface area contributed by atoms with Crippen molar-refractivity contribution in [2.45, 2.75) is 43.9 Å². The standard InChI is InChI=1S/C22H28O6Si/c1-5-8-27-22(26)20-18-15-11-13(23)6-7-14(15)16(12-17(18)24)19(20)21(25)28-9-10-29(2,3)4/h5-7,11,16,18-20,23H,1,8-10,12H2,2-4H3. The molecule has 1 aromatic carbocycles. The molecule has 4 rings (SSSR count). The van der Waals surface area contributed by atoms with Crippen LogP contribution in [0.1, 0.15) is 29.4 Å². The lowest BCUT2D eigenvalue weighted by atomic mass is 9.55. The molecule has 4 unspecified atom stereocenters. The van der Waals surface area contributed by atoms with E-state index in [0.717, 1.165) is 11.6 Å². The number of carbonyl (C=O) groups excluding carboxylic acids is 3. The molecule has 0 radical (unpaired) electrons. The predicted molar refractivity (Wildman–Crippen MR) is 110 cm³/mol. The van der Waals surface area contributed by atoms with E-state index in [-0.39, 0.29) is 24.6 Å². The first kappa shape index (κ1) is 21.3. The van der Waals surface area contributed by atoms with Crippen molar-refractivity contribution >= 4 is 25.8 Å². The van der Waals surface area contributed by atoms with Gasteiger partial charge in [-0.25, -0.2) is 0 Å². The number of phenols is 1. The summed E-state index contributed by atoms with van der Waals surface area (Å²) >= 11 is 0. The zero-order chi connectivity index (χ0) is 21.3. The lowest BCUT2D eigenvalue weighted by Gasteiger charge is -2.46. The van der Waals surface area contributed by atoms with E-state index in [1.165, 1.54) is 12.1 Å². The summed E-state index contributed by atoms with van der Waals surface area (Å²) in [5.74, 6) is -4.13. The number of benzene rings is 1. The monoisotopic (exact) mass is 416 g/mol. The summed E-state index contributed by atoms with van der Waals surface area (Å²) in [5, 5.41) is 9.91. The highest BCUT2D eigenvalue weighted by Gasteiger charge is 2.57. The maximum absolute atomic E-state index is 13.1. The lowest BCUT2D eigenvalue weighted by Crippen LogP contribution is -2.50. The van der Waals surface area contributed by atoms with Gasteiger partial charge in [-0.2, -0.15) is 0 Å². The Morgan fingerprint density at radius 1 is 1.17 bits per heavy atom. The number of Topliss-reactive ketones (excluding diaryl/α,β-unsaturated/α-hetero) is 1. The Morgan fingerprint density at radius 3 is 2.52 bits per heavy atom. The Balaban J connectivity index is 1.95. The highest BCUT2D eigenvalue weighted by atomic mass is 28.3. The predicted octanol–water partition coefficient (Wildman–Crippen LogP) is 3.39. The molecule has 0 heterocycles. The minimum Gasteiger partial charge on any atom is -0.508 e. The van der Waals surface area contributed by atoms with Crippen LogP contribution in [0, 0.1) is 11.8 Å². The second kappa shape index (κ2) is 8.14. The Hall–Kier alpha value is -2.41. The van der Waals surface area contributed by atoms with Crippen molar-refractivity contribution in [2.24, 2.45) is 11.8 Å². The summed E-state index contributed by atoms with van der Waals surface area (Å²) in [6.45, 7) is 10.4. The Kier molecular flexibility index (Phi) is 5.98.